The Morgan fingerprint density at radius 3 is 2.28 bits per heavy atom. The molecule has 0 aliphatic carbocycles. The first-order chi connectivity index (χ1) is 13.9. The number of morpholine rings is 1. The number of anilines is 1. The summed E-state index contributed by atoms with van der Waals surface area (Å²) in [5.41, 5.74) is 2.10. The molecule has 0 amide bonds. The summed E-state index contributed by atoms with van der Waals surface area (Å²) < 4.78 is 7.40. The summed E-state index contributed by atoms with van der Waals surface area (Å²) in [5.74, 6) is 0.997. The monoisotopic (exact) mass is 422 g/mol. The van der Waals surface area contributed by atoms with Crippen LogP contribution in [0.15, 0.2) is 12.1 Å². The Balaban J connectivity index is 0.00000117. The molecule has 4 heterocycles. The molecule has 162 valence electrons. The minimum absolute atomic E-state index is 0.239. The Morgan fingerprint density at radius 1 is 1.00 bits per heavy atom. The first-order valence-electron chi connectivity index (χ1n) is 10.8. The minimum atomic E-state index is 0.239. The molecular weight excluding hydrogens is 388 g/mol. The van der Waals surface area contributed by atoms with Crippen molar-refractivity contribution in [2.45, 2.75) is 46.7 Å². The highest BCUT2D eigenvalue weighted by Crippen LogP contribution is 2.23. The van der Waals surface area contributed by atoms with Gasteiger partial charge in [0.1, 0.15) is 11.0 Å². The molecule has 2 aromatic rings. The summed E-state index contributed by atoms with van der Waals surface area (Å²) in [5, 5.41) is 5.36. The van der Waals surface area contributed by atoms with Crippen LogP contribution in [0, 0.1) is 0 Å². The van der Waals surface area contributed by atoms with Crippen molar-refractivity contribution in [3.8, 4) is 0 Å². The van der Waals surface area contributed by atoms with Crippen LogP contribution in [-0.4, -0.2) is 82.4 Å². The minimum Gasteiger partial charge on any atom is -0.378 e. The van der Waals surface area contributed by atoms with Gasteiger partial charge in [-0.1, -0.05) is 25.4 Å². The van der Waals surface area contributed by atoms with Crippen molar-refractivity contribution in [3.63, 3.8) is 0 Å². The van der Waals surface area contributed by atoms with E-state index in [4.69, 9.17) is 21.4 Å². The van der Waals surface area contributed by atoms with E-state index in [0.29, 0.717) is 5.15 Å². The van der Waals surface area contributed by atoms with E-state index in [1.54, 1.807) is 0 Å². The predicted octanol–water partition coefficient (Wildman–Crippen LogP) is 3.16. The Bertz CT molecular complexity index is 788. The van der Waals surface area contributed by atoms with Crippen LogP contribution in [0.2, 0.25) is 5.15 Å². The maximum absolute atomic E-state index is 6.28. The fourth-order valence-electron chi connectivity index (χ4n) is 3.88. The molecule has 0 spiro atoms. The summed E-state index contributed by atoms with van der Waals surface area (Å²) in [7, 11) is 0. The highest BCUT2D eigenvalue weighted by Gasteiger charge is 2.26. The Labute approximate surface area is 179 Å². The van der Waals surface area contributed by atoms with Gasteiger partial charge in [0.15, 0.2) is 5.65 Å². The molecule has 2 aliphatic heterocycles. The lowest BCUT2D eigenvalue weighted by Crippen LogP contribution is -2.53. The van der Waals surface area contributed by atoms with Crippen molar-refractivity contribution >= 4 is 23.1 Å². The van der Waals surface area contributed by atoms with E-state index in [1.165, 1.54) is 0 Å². The molecule has 2 fully saturated rings. The van der Waals surface area contributed by atoms with Gasteiger partial charge in [-0.05, 0) is 20.8 Å². The van der Waals surface area contributed by atoms with E-state index in [2.05, 4.69) is 46.5 Å². The van der Waals surface area contributed by atoms with Crippen molar-refractivity contribution < 1.29 is 4.74 Å². The van der Waals surface area contributed by atoms with Gasteiger partial charge in [0, 0.05) is 63.5 Å². The topological polar surface area (TPSA) is 49.1 Å². The van der Waals surface area contributed by atoms with E-state index >= 15 is 0 Å². The van der Waals surface area contributed by atoms with Gasteiger partial charge in [-0.3, -0.25) is 9.80 Å². The van der Waals surface area contributed by atoms with Crippen molar-refractivity contribution in [2.24, 2.45) is 0 Å². The van der Waals surface area contributed by atoms with Gasteiger partial charge in [0.2, 0.25) is 0 Å². The van der Waals surface area contributed by atoms with Crippen molar-refractivity contribution in [1.29, 1.82) is 0 Å². The number of piperazine rings is 1. The molecule has 0 N–H and O–H groups in total. The Morgan fingerprint density at radius 2 is 1.66 bits per heavy atom. The fraction of sp³-hybridized carbons (Fsp3) is 0.714. The Kier molecular flexibility index (Phi) is 7.37. The zero-order valence-electron chi connectivity index (χ0n) is 18.5. The van der Waals surface area contributed by atoms with Crippen molar-refractivity contribution in [1.82, 2.24) is 24.4 Å². The standard InChI is InChI=1S/C19H29ClN6O.C2H6/c1-19(2,3)25-6-4-23(5-7-25)14-15-12-17-21-16(20)13-18(26(17)22-15)24-8-10-27-11-9-24;1-2/h12-13H,4-11,14H2,1-3H3;1-2H3. The summed E-state index contributed by atoms with van der Waals surface area (Å²) in [6.45, 7) is 19.2. The molecule has 2 aliphatic rings. The normalized spacial score (nSPS) is 19.3. The zero-order chi connectivity index (χ0) is 21.0. The van der Waals surface area contributed by atoms with Crippen LogP contribution in [0.25, 0.3) is 5.65 Å². The molecule has 4 rings (SSSR count). The molecule has 7 nitrogen and oxygen atoms in total. The lowest BCUT2D eigenvalue weighted by atomic mass is 10.0. The number of hydrogen-bond donors (Lipinski definition) is 0. The number of hydrogen-bond acceptors (Lipinski definition) is 6. The molecule has 0 saturated carbocycles. The highest BCUT2D eigenvalue weighted by atomic mass is 35.5. The van der Waals surface area contributed by atoms with Gasteiger partial charge < -0.3 is 9.64 Å². The van der Waals surface area contributed by atoms with Crippen LogP contribution in [-0.2, 0) is 11.3 Å². The molecule has 2 saturated heterocycles. The number of ether oxygens (including phenoxy) is 1. The quantitative estimate of drug-likeness (QED) is 0.708. The number of fused-ring (bicyclic) bond motifs is 1. The average Bonchev–Trinajstić information content (AvgIpc) is 3.11. The number of nitrogens with zero attached hydrogens (tertiary/aromatic N) is 6. The van der Waals surface area contributed by atoms with Gasteiger partial charge in [0.25, 0.3) is 0 Å². The molecule has 0 aromatic carbocycles. The zero-order valence-corrected chi connectivity index (χ0v) is 19.2. The van der Waals surface area contributed by atoms with E-state index < -0.39 is 0 Å². The summed E-state index contributed by atoms with van der Waals surface area (Å²) in [6.07, 6.45) is 0. The molecule has 2 aromatic heterocycles. The first-order valence-corrected chi connectivity index (χ1v) is 11.1. The van der Waals surface area contributed by atoms with Crippen LogP contribution >= 0.6 is 11.6 Å². The highest BCUT2D eigenvalue weighted by molar-refractivity contribution is 6.29. The van der Waals surface area contributed by atoms with Gasteiger partial charge in [0.05, 0.1) is 18.9 Å². The maximum atomic E-state index is 6.28. The molecule has 0 atom stereocenters. The second-order valence-corrected chi connectivity index (χ2v) is 8.76. The lowest BCUT2D eigenvalue weighted by Gasteiger charge is -2.42. The number of halogens is 1. The van der Waals surface area contributed by atoms with Crippen molar-refractivity contribution in [2.75, 3.05) is 57.4 Å². The first kappa shape index (κ1) is 22.3. The Hall–Kier alpha value is -1.41. The van der Waals surface area contributed by atoms with Crippen LogP contribution < -0.4 is 4.90 Å². The third-order valence-corrected chi connectivity index (χ3v) is 5.66. The second-order valence-electron chi connectivity index (χ2n) is 8.38. The van der Waals surface area contributed by atoms with Crippen LogP contribution in [0.4, 0.5) is 5.82 Å². The summed E-state index contributed by atoms with van der Waals surface area (Å²) in [6, 6.07) is 3.96. The largest absolute Gasteiger partial charge is 0.378 e. The van der Waals surface area contributed by atoms with Gasteiger partial charge in [-0.15, -0.1) is 0 Å². The van der Waals surface area contributed by atoms with Gasteiger partial charge in [-0.25, -0.2) is 4.98 Å². The van der Waals surface area contributed by atoms with Crippen molar-refractivity contribution in [3.05, 3.63) is 23.0 Å². The maximum Gasteiger partial charge on any atom is 0.159 e. The van der Waals surface area contributed by atoms with E-state index in [1.807, 2.05) is 24.4 Å². The average molecular weight is 423 g/mol. The molecule has 29 heavy (non-hydrogen) atoms. The van der Waals surface area contributed by atoms with Crippen LogP contribution in [0.3, 0.4) is 0 Å². The van der Waals surface area contributed by atoms with Gasteiger partial charge in [-0.2, -0.15) is 9.61 Å². The van der Waals surface area contributed by atoms with E-state index in [-0.39, 0.29) is 5.54 Å². The third kappa shape index (κ3) is 5.40. The molecule has 0 radical (unpaired) electrons. The SMILES string of the molecule is CC.CC(C)(C)N1CCN(Cc2cc3nc(Cl)cc(N4CCOCC4)n3n2)CC1. The summed E-state index contributed by atoms with van der Waals surface area (Å²) >= 11 is 6.28. The third-order valence-electron chi connectivity index (χ3n) is 5.47. The van der Waals surface area contributed by atoms with E-state index in [0.717, 1.165) is 76.2 Å². The van der Waals surface area contributed by atoms with Gasteiger partial charge >= 0.3 is 0 Å². The molecule has 8 heteroatoms. The molecule has 0 bridgehead atoms. The second kappa shape index (κ2) is 9.60. The molecule has 0 unspecified atom stereocenters. The predicted molar refractivity (Wildman–Crippen MR) is 119 cm³/mol. The fourth-order valence-corrected chi connectivity index (χ4v) is 4.06. The number of rotatable bonds is 3. The summed E-state index contributed by atoms with van der Waals surface area (Å²) in [4.78, 5) is 11.8. The van der Waals surface area contributed by atoms with Crippen LogP contribution in [0.1, 0.15) is 40.3 Å². The lowest BCUT2D eigenvalue weighted by molar-refractivity contribution is 0.0585. The smallest absolute Gasteiger partial charge is 0.159 e. The molecular formula is C21H35ClN6O. The van der Waals surface area contributed by atoms with Crippen LogP contribution in [0.5, 0.6) is 0 Å². The van der Waals surface area contributed by atoms with E-state index in [9.17, 15) is 0 Å². The number of aromatic nitrogens is 3.